The molecule has 1 rings (SSSR count). The van der Waals surface area contributed by atoms with Gasteiger partial charge in [0.15, 0.2) is 10.3 Å². The summed E-state index contributed by atoms with van der Waals surface area (Å²) in [5, 5.41) is 0.306. The molecule has 1 aromatic rings. The van der Waals surface area contributed by atoms with Crippen molar-refractivity contribution in [2.24, 2.45) is 0 Å². The number of nitrogens with two attached hydrogens (primary N) is 1. The lowest BCUT2D eigenvalue weighted by molar-refractivity contribution is 0.820. The highest BCUT2D eigenvalue weighted by molar-refractivity contribution is 7.80. The van der Waals surface area contributed by atoms with Crippen molar-refractivity contribution in [2.45, 2.75) is 18.6 Å². The molecule has 0 aliphatic heterocycles. The molecule has 0 aromatic carbocycles. The number of anilines is 1. The maximum absolute atomic E-state index is 5.73. The molecule has 0 aliphatic rings. The van der Waals surface area contributed by atoms with E-state index in [1.54, 1.807) is 0 Å². The van der Waals surface area contributed by atoms with E-state index < -0.39 is 0 Å². The molecule has 3 nitrogen and oxygen atoms in total. The Balaban J connectivity index is 0.00000169. The Labute approximate surface area is 104 Å². The summed E-state index contributed by atoms with van der Waals surface area (Å²) >= 11 is 15.7. The lowest BCUT2D eigenvalue weighted by Crippen LogP contribution is -2.02. The molecule has 1 atom stereocenters. The summed E-state index contributed by atoms with van der Waals surface area (Å²) in [7, 11) is 0. The van der Waals surface area contributed by atoms with E-state index in [1.165, 1.54) is 0 Å². The highest BCUT2D eigenvalue weighted by Gasteiger charge is 2.12. The molecule has 0 bridgehead atoms. The van der Waals surface area contributed by atoms with E-state index >= 15 is 0 Å². The average Bonchev–Trinajstić information content (AvgIpc) is 2.12. The number of nitrogens with zero attached hydrogens (tertiary/aromatic N) is 2. The highest BCUT2D eigenvalue weighted by Crippen LogP contribution is 2.28. The van der Waals surface area contributed by atoms with Gasteiger partial charge in [0.25, 0.3) is 0 Å². The molecule has 0 saturated heterocycles. The topological polar surface area (TPSA) is 51.8 Å². The Morgan fingerprint density at radius 1 is 1.36 bits per heavy atom. The summed E-state index contributed by atoms with van der Waals surface area (Å²) in [5.74, 6) is 0.509. The first kappa shape index (κ1) is 14.1. The third-order valence-electron chi connectivity index (χ3n) is 1.55. The molecule has 7 heteroatoms. The van der Waals surface area contributed by atoms with E-state index in [-0.39, 0.29) is 33.7 Å². The minimum atomic E-state index is -0.0596. The number of hydrogen-bond acceptors (Lipinski definition) is 4. The minimum Gasteiger partial charge on any atom is -0.394 e. The second kappa shape index (κ2) is 5.85. The minimum absolute atomic E-state index is 0. The van der Waals surface area contributed by atoms with Gasteiger partial charge in [-0.05, 0) is 6.42 Å². The van der Waals surface area contributed by atoms with Crippen LogP contribution in [0.5, 0.6) is 0 Å². The number of thiol groups is 1. The molecule has 0 fully saturated rings. The molecule has 14 heavy (non-hydrogen) atoms. The molecule has 0 saturated carbocycles. The molecule has 0 aliphatic carbocycles. The first-order valence-corrected chi connectivity index (χ1v) is 5.00. The van der Waals surface area contributed by atoms with Gasteiger partial charge >= 0.3 is 0 Å². The lowest BCUT2D eigenvalue weighted by Gasteiger charge is -2.08. The third-order valence-corrected chi connectivity index (χ3v) is 2.73. The lowest BCUT2D eigenvalue weighted by atomic mass is 10.3. The fourth-order valence-electron chi connectivity index (χ4n) is 0.763. The number of aromatic nitrogens is 2. The fourth-order valence-corrected chi connectivity index (χ4v) is 1.28. The van der Waals surface area contributed by atoms with E-state index in [0.717, 1.165) is 6.42 Å². The van der Waals surface area contributed by atoms with E-state index in [1.807, 2.05) is 6.92 Å². The van der Waals surface area contributed by atoms with Crippen LogP contribution in [0.3, 0.4) is 0 Å². The summed E-state index contributed by atoms with van der Waals surface area (Å²) in [6.07, 6.45) is 0.805. The van der Waals surface area contributed by atoms with Gasteiger partial charge in [-0.3, -0.25) is 0 Å². The first-order valence-electron chi connectivity index (χ1n) is 3.72. The zero-order valence-corrected chi connectivity index (χ0v) is 10.6. The van der Waals surface area contributed by atoms with Gasteiger partial charge in [0.05, 0.1) is 5.25 Å². The number of halogens is 3. The predicted octanol–water partition coefficient (Wildman–Crippen LogP) is 3.17. The standard InChI is InChI=1S/C7H9Cl2N3S.ClH/c1-2-3(13)7-11-5(8)4(10)6(9)12-7;/h3,13H,2,10H2,1H3;1H. The first-order chi connectivity index (χ1) is 6.06. The van der Waals surface area contributed by atoms with Gasteiger partial charge in [-0.15, -0.1) is 12.4 Å². The van der Waals surface area contributed by atoms with Crippen LogP contribution < -0.4 is 5.73 Å². The zero-order valence-electron chi connectivity index (χ0n) is 7.37. The smallest absolute Gasteiger partial charge is 0.157 e. The Morgan fingerprint density at radius 2 is 1.79 bits per heavy atom. The van der Waals surface area contributed by atoms with Crippen molar-refractivity contribution in [3.63, 3.8) is 0 Å². The predicted molar refractivity (Wildman–Crippen MR) is 65.7 cm³/mol. The quantitative estimate of drug-likeness (QED) is 0.643. The van der Waals surface area contributed by atoms with E-state index in [0.29, 0.717) is 5.82 Å². The second-order valence-electron chi connectivity index (χ2n) is 2.50. The molecule has 1 unspecified atom stereocenters. The van der Waals surface area contributed by atoms with Crippen molar-refractivity contribution in [2.75, 3.05) is 5.73 Å². The SMILES string of the molecule is CCC(S)c1nc(Cl)c(N)c(Cl)n1.Cl. The van der Waals surface area contributed by atoms with Crippen LogP contribution in [0.1, 0.15) is 24.4 Å². The Hall–Kier alpha value is 0.1000. The summed E-state index contributed by atoms with van der Waals surface area (Å²) in [5.41, 5.74) is 5.69. The van der Waals surface area contributed by atoms with Gasteiger partial charge in [0.2, 0.25) is 0 Å². The van der Waals surface area contributed by atoms with Gasteiger partial charge in [-0.2, -0.15) is 12.6 Å². The van der Waals surface area contributed by atoms with Crippen LogP contribution in [0.2, 0.25) is 10.3 Å². The van der Waals surface area contributed by atoms with Crippen molar-refractivity contribution in [3.8, 4) is 0 Å². The molecule has 0 spiro atoms. The largest absolute Gasteiger partial charge is 0.394 e. The maximum Gasteiger partial charge on any atom is 0.157 e. The highest BCUT2D eigenvalue weighted by atomic mass is 35.5. The van der Waals surface area contributed by atoms with E-state index in [2.05, 4.69) is 22.6 Å². The van der Waals surface area contributed by atoms with Crippen molar-refractivity contribution >= 4 is 53.9 Å². The van der Waals surface area contributed by atoms with Crippen LogP contribution in [-0.2, 0) is 0 Å². The van der Waals surface area contributed by atoms with Crippen molar-refractivity contribution in [1.29, 1.82) is 0 Å². The van der Waals surface area contributed by atoms with Crippen LogP contribution in [0.15, 0.2) is 0 Å². The Kier molecular flexibility index (Phi) is 5.90. The van der Waals surface area contributed by atoms with Gasteiger partial charge in [0.1, 0.15) is 11.5 Å². The van der Waals surface area contributed by atoms with Crippen molar-refractivity contribution in [1.82, 2.24) is 9.97 Å². The summed E-state index contributed by atoms with van der Waals surface area (Å²) in [6, 6.07) is 0. The molecular weight excluding hydrogens is 265 g/mol. The number of nitrogen functional groups attached to an aromatic ring is 1. The molecule has 1 heterocycles. The van der Waals surface area contributed by atoms with Gasteiger partial charge in [-0.1, -0.05) is 30.1 Å². The summed E-state index contributed by atoms with van der Waals surface area (Å²) in [6.45, 7) is 1.97. The van der Waals surface area contributed by atoms with Crippen LogP contribution in [-0.4, -0.2) is 9.97 Å². The summed E-state index contributed by atoms with van der Waals surface area (Å²) < 4.78 is 0. The van der Waals surface area contributed by atoms with Crippen LogP contribution in [0.4, 0.5) is 5.69 Å². The van der Waals surface area contributed by atoms with E-state index in [9.17, 15) is 0 Å². The summed E-state index contributed by atoms with van der Waals surface area (Å²) in [4.78, 5) is 7.95. The molecule has 0 radical (unpaired) electrons. The zero-order chi connectivity index (χ0) is 10.0. The van der Waals surface area contributed by atoms with Crippen molar-refractivity contribution < 1.29 is 0 Å². The van der Waals surface area contributed by atoms with Gasteiger partial charge in [0, 0.05) is 0 Å². The van der Waals surface area contributed by atoms with Crippen LogP contribution in [0.25, 0.3) is 0 Å². The Bertz CT molecular complexity index is 298. The fraction of sp³-hybridized carbons (Fsp3) is 0.429. The van der Waals surface area contributed by atoms with Crippen LogP contribution in [0, 0.1) is 0 Å². The molecule has 1 aromatic heterocycles. The second-order valence-corrected chi connectivity index (χ2v) is 3.84. The van der Waals surface area contributed by atoms with Gasteiger partial charge in [-0.25, -0.2) is 9.97 Å². The normalized spacial score (nSPS) is 12.0. The Morgan fingerprint density at radius 3 is 2.14 bits per heavy atom. The monoisotopic (exact) mass is 273 g/mol. The maximum atomic E-state index is 5.73. The van der Waals surface area contributed by atoms with Crippen molar-refractivity contribution in [3.05, 3.63) is 16.1 Å². The molecule has 80 valence electrons. The molecule has 0 amide bonds. The van der Waals surface area contributed by atoms with E-state index in [4.69, 9.17) is 28.9 Å². The molecule has 2 N–H and O–H groups in total. The number of rotatable bonds is 2. The number of hydrogen-bond donors (Lipinski definition) is 2. The van der Waals surface area contributed by atoms with Crippen LogP contribution >= 0.6 is 48.2 Å². The van der Waals surface area contributed by atoms with Gasteiger partial charge < -0.3 is 5.73 Å². The average molecular weight is 275 g/mol. The molecular formula is C7H10Cl3N3S. The third kappa shape index (κ3) is 3.05.